The summed E-state index contributed by atoms with van der Waals surface area (Å²) in [5.74, 6) is -0.390. The summed E-state index contributed by atoms with van der Waals surface area (Å²) in [6.45, 7) is 2.10. The Kier molecular flexibility index (Phi) is 23.0. The highest BCUT2D eigenvalue weighted by Crippen LogP contribution is 2.43. The number of phosphoric acid groups is 1. The van der Waals surface area contributed by atoms with Crippen LogP contribution in [0, 0.1) is 0 Å². The van der Waals surface area contributed by atoms with E-state index in [0.717, 1.165) is 19.3 Å². The van der Waals surface area contributed by atoms with E-state index in [4.69, 9.17) is 19.0 Å². The maximum absolute atomic E-state index is 11.9. The lowest BCUT2D eigenvalue weighted by atomic mass is 10.0. The van der Waals surface area contributed by atoms with E-state index >= 15 is 0 Å². The molecule has 0 aliphatic heterocycles. The molecule has 37 heavy (non-hydrogen) atoms. The number of hydrogen-bond acceptors (Lipinski definition) is 7. The van der Waals surface area contributed by atoms with Crippen molar-refractivity contribution in [1.29, 1.82) is 0 Å². The molecule has 0 aliphatic carbocycles. The van der Waals surface area contributed by atoms with E-state index in [2.05, 4.69) is 11.8 Å². The third kappa shape index (κ3) is 26.8. The molecule has 0 aliphatic rings. The van der Waals surface area contributed by atoms with Gasteiger partial charge in [0, 0.05) is 6.42 Å². The van der Waals surface area contributed by atoms with Gasteiger partial charge in [-0.3, -0.25) is 19.1 Å². The summed E-state index contributed by atoms with van der Waals surface area (Å²) in [4.78, 5) is 25.8. The fraction of sp³-hybridized carbons (Fsp3) is 0.963. The molecule has 0 saturated carbocycles. The number of ether oxygens (including phenoxy) is 1. The number of hydrogen-bond donors (Lipinski definition) is 2. The van der Waals surface area contributed by atoms with Gasteiger partial charge < -0.3 is 14.1 Å². The Labute approximate surface area is 226 Å². The molecule has 10 heteroatoms. The summed E-state index contributed by atoms with van der Waals surface area (Å²) < 4.78 is 27.3. The summed E-state index contributed by atoms with van der Waals surface area (Å²) in [6.07, 6.45) is 19.5. The highest BCUT2D eigenvalue weighted by Gasteiger charge is 2.25. The highest BCUT2D eigenvalue weighted by atomic mass is 31.2. The van der Waals surface area contributed by atoms with Crippen LogP contribution in [0.2, 0.25) is 0 Å². The molecule has 0 aromatic rings. The van der Waals surface area contributed by atoms with Gasteiger partial charge in [-0.25, -0.2) is 9.45 Å². The molecule has 2 N–H and O–H groups in total. The lowest BCUT2D eigenvalue weighted by molar-refractivity contribution is -0.870. The van der Waals surface area contributed by atoms with Crippen LogP contribution < -0.4 is 0 Å². The first kappa shape index (κ1) is 36.5. The molecule has 0 spiro atoms. The Balaban J connectivity index is 3.62. The van der Waals surface area contributed by atoms with Crippen molar-refractivity contribution in [3.63, 3.8) is 0 Å². The lowest BCUT2D eigenvalue weighted by Crippen LogP contribution is -2.37. The first-order valence-corrected chi connectivity index (χ1v) is 16.0. The van der Waals surface area contributed by atoms with Crippen LogP contribution in [0.3, 0.4) is 0 Å². The smallest absolute Gasteiger partial charge is 0.463 e. The topological polar surface area (TPSA) is 112 Å². The zero-order valence-electron chi connectivity index (χ0n) is 24.2. The molecule has 0 bridgehead atoms. The average molecular weight is 555 g/mol. The van der Waals surface area contributed by atoms with Crippen molar-refractivity contribution < 1.29 is 42.7 Å². The van der Waals surface area contributed by atoms with Gasteiger partial charge in [-0.2, -0.15) is 0 Å². The molecule has 1 unspecified atom stereocenters. The third-order valence-electron chi connectivity index (χ3n) is 6.25. The highest BCUT2D eigenvalue weighted by molar-refractivity contribution is 7.47. The standard InChI is InChI=1S/C27H56NO8P/c1-5-6-7-8-9-10-11-12-13-14-15-16-17-18-19-20-21-27(29)33-24-26(36-30)25-35-37(31,32)34-23-22-28(2,3)4/h26H,5-25H2,1-4H3,(H-,30,31,32)/p+1/t26-/m1/s1. The third-order valence-corrected chi connectivity index (χ3v) is 7.24. The average Bonchev–Trinajstić information content (AvgIpc) is 2.82. The second kappa shape index (κ2) is 23.4. The van der Waals surface area contributed by atoms with Crippen molar-refractivity contribution in [2.24, 2.45) is 0 Å². The van der Waals surface area contributed by atoms with Crippen molar-refractivity contribution in [3.8, 4) is 0 Å². The predicted octanol–water partition coefficient (Wildman–Crippen LogP) is 6.88. The number of esters is 1. The van der Waals surface area contributed by atoms with Crippen LogP contribution in [0.5, 0.6) is 0 Å². The Morgan fingerprint density at radius 1 is 0.757 bits per heavy atom. The van der Waals surface area contributed by atoms with Crippen molar-refractivity contribution in [2.45, 2.75) is 122 Å². The van der Waals surface area contributed by atoms with Crippen molar-refractivity contribution in [1.82, 2.24) is 0 Å². The van der Waals surface area contributed by atoms with Crippen LogP contribution in [0.15, 0.2) is 0 Å². The summed E-state index contributed by atoms with van der Waals surface area (Å²) in [5, 5.41) is 8.96. The molecule has 0 aromatic heterocycles. The molecule has 0 aromatic carbocycles. The van der Waals surface area contributed by atoms with E-state index in [1.165, 1.54) is 83.5 Å². The lowest BCUT2D eigenvalue weighted by Gasteiger charge is -2.24. The fourth-order valence-corrected chi connectivity index (χ4v) is 4.57. The zero-order chi connectivity index (χ0) is 27.8. The van der Waals surface area contributed by atoms with Gasteiger partial charge in [0.05, 0.1) is 27.7 Å². The second-order valence-electron chi connectivity index (χ2n) is 11.1. The molecule has 9 nitrogen and oxygen atoms in total. The predicted molar refractivity (Wildman–Crippen MR) is 147 cm³/mol. The van der Waals surface area contributed by atoms with Crippen molar-refractivity contribution in [3.05, 3.63) is 0 Å². The summed E-state index contributed by atoms with van der Waals surface area (Å²) >= 11 is 0. The number of carbonyl (C=O) groups excluding carboxylic acids is 1. The number of quaternary nitrogens is 1. The number of nitrogens with zero attached hydrogens (tertiary/aromatic N) is 1. The van der Waals surface area contributed by atoms with Gasteiger partial charge in [-0.1, -0.05) is 103 Å². The SMILES string of the molecule is CCCCCCCCCCCCCCCCCCC(=O)OC[C@H](COP(=O)(O)OCC[N+](C)(C)C)OO. The van der Waals surface area contributed by atoms with Crippen LogP contribution in [0.25, 0.3) is 0 Å². The largest absolute Gasteiger partial charge is 0.472 e. The number of phosphoric ester groups is 1. The Hall–Kier alpha value is -0.540. The monoisotopic (exact) mass is 554 g/mol. The van der Waals surface area contributed by atoms with Crippen LogP contribution in [-0.2, 0) is 28.0 Å². The van der Waals surface area contributed by atoms with Gasteiger partial charge in [0.1, 0.15) is 19.8 Å². The molecule has 0 heterocycles. The molecule has 0 saturated heterocycles. The Bertz CT molecular complexity index is 585. The van der Waals surface area contributed by atoms with Gasteiger partial charge in [0.25, 0.3) is 0 Å². The maximum atomic E-state index is 11.9. The first-order chi connectivity index (χ1) is 17.6. The van der Waals surface area contributed by atoms with Gasteiger partial charge in [0.2, 0.25) is 0 Å². The molecule has 0 amide bonds. The molecule has 2 atom stereocenters. The van der Waals surface area contributed by atoms with Crippen LogP contribution in [0.1, 0.15) is 116 Å². The molecule has 0 radical (unpaired) electrons. The second-order valence-corrected chi connectivity index (χ2v) is 12.5. The van der Waals surface area contributed by atoms with E-state index in [1.54, 1.807) is 0 Å². The maximum Gasteiger partial charge on any atom is 0.472 e. The Morgan fingerprint density at radius 2 is 1.22 bits per heavy atom. The first-order valence-electron chi connectivity index (χ1n) is 14.5. The van der Waals surface area contributed by atoms with E-state index in [-0.39, 0.29) is 13.2 Å². The Morgan fingerprint density at radius 3 is 1.65 bits per heavy atom. The minimum Gasteiger partial charge on any atom is -0.463 e. The molecule has 222 valence electrons. The number of likely N-dealkylation sites (N-methyl/N-ethyl adjacent to an activating group) is 1. The minimum atomic E-state index is -4.28. The molecular formula is C27H57NO8P+. The van der Waals surface area contributed by atoms with Crippen molar-refractivity contribution >= 4 is 13.8 Å². The quantitative estimate of drug-likeness (QED) is 0.0282. The van der Waals surface area contributed by atoms with Gasteiger partial charge in [-0.05, 0) is 6.42 Å². The van der Waals surface area contributed by atoms with Gasteiger partial charge in [-0.15, -0.1) is 0 Å². The molecular weight excluding hydrogens is 497 g/mol. The minimum absolute atomic E-state index is 0.0379. The molecule has 0 fully saturated rings. The summed E-state index contributed by atoms with van der Waals surface area (Å²) in [6, 6.07) is 0. The normalized spacial score (nSPS) is 14.4. The van der Waals surface area contributed by atoms with E-state index in [0.29, 0.717) is 17.4 Å². The van der Waals surface area contributed by atoms with Crippen LogP contribution >= 0.6 is 7.82 Å². The summed E-state index contributed by atoms with van der Waals surface area (Å²) in [5.41, 5.74) is 0. The zero-order valence-corrected chi connectivity index (χ0v) is 25.1. The fourth-order valence-electron chi connectivity index (χ4n) is 3.83. The van der Waals surface area contributed by atoms with Crippen LogP contribution in [0.4, 0.5) is 0 Å². The van der Waals surface area contributed by atoms with Crippen LogP contribution in [-0.4, -0.2) is 74.2 Å². The van der Waals surface area contributed by atoms with Crippen molar-refractivity contribution in [2.75, 3.05) is 47.5 Å². The number of carbonyl (C=O) groups is 1. The van der Waals surface area contributed by atoms with E-state index in [9.17, 15) is 14.3 Å². The molecule has 0 rings (SSSR count). The number of unbranched alkanes of at least 4 members (excludes halogenated alkanes) is 15. The number of rotatable bonds is 27. The van der Waals surface area contributed by atoms with E-state index < -0.39 is 26.5 Å². The van der Waals surface area contributed by atoms with Gasteiger partial charge in [0.15, 0.2) is 6.10 Å². The van der Waals surface area contributed by atoms with E-state index in [1.807, 2.05) is 21.1 Å². The summed E-state index contributed by atoms with van der Waals surface area (Å²) in [7, 11) is 1.50. The van der Waals surface area contributed by atoms with Gasteiger partial charge >= 0.3 is 13.8 Å².